The van der Waals surface area contributed by atoms with Gasteiger partial charge in [-0.3, -0.25) is 4.79 Å². The Morgan fingerprint density at radius 1 is 1.15 bits per heavy atom. The maximum absolute atomic E-state index is 13.3. The van der Waals surface area contributed by atoms with Crippen molar-refractivity contribution in [1.82, 2.24) is 10.2 Å². The summed E-state index contributed by atoms with van der Waals surface area (Å²) in [6.45, 7) is 5.27. The predicted octanol–water partition coefficient (Wildman–Crippen LogP) is 2.95. The predicted molar refractivity (Wildman–Crippen MR) is 81.5 cm³/mol. The highest BCUT2D eigenvalue weighted by Gasteiger charge is 2.45. The van der Waals surface area contributed by atoms with Crippen molar-refractivity contribution >= 4 is 5.91 Å². The Kier molecular flexibility index (Phi) is 4.34. The number of carbonyl (C=O) groups is 1. The summed E-state index contributed by atoms with van der Waals surface area (Å²) in [6.07, 6.45) is 11.0. The van der Waals surface area contributed by atoms with Crippen molar-refractivity contribution in [3.63, 3.8) is 0 Å². The minimum Gasteiger partial charge on any atom is -0.339 e. The van der Waals surface area contributed by atoms with Gasteiger partial charge in [-0.05, 0) is 64.0 Å². The molecule has 20 heavy (non-hydrogen) atoms. The zero-order valence-electron chi connectivity index (χ0n) is 13.0. The zero-order valence-corrected chi connectivity index (χ0v) is 13.0. The molecule has 1 aliphatic carbocycles. The summed E-state index contributed by atoms with van der Waals surface area (Å²) in [7, 11) is 0. The van der Waals surface area contributed by atoms with E-state index in [-0.39, 0.29) is 5.41 Å². The smallest absolute Gasteiger partial charge is 0.229 e. The van der Waals surface area contributed by atoms with Crippen molar-refractivity contribution in [2.24, 2.45) is 11.3 Å². The Balaban J connectivity index is 1.77. The van der Waals surface area contributed by atoms with E-state index in [9.17, 15) is 4.79 Å². The summed E-state index contributed by atoms with van der Waals surface area (Å²) in [5.74, 6) is 1.30. The minimum absolute atomic E-state index is 0.0510. The van der Waals surface area contributed by atoms with E-state index in [0.717, 1.165) is 44.8 Å². The van der Waals surface area contributed by atoms with Crippen LogP contribution >= 0.6 is 0 Å². The van der Waals surface area contributed by atoms with Gasteiger partial charge in [0.1, 0.15) is 0 Å². The Morgan fingerprint density at radius 2 is 1.85 bits per heavy atom. The van der Waals surface area contributed by atoms with Crippen LogP contribution in [0.5, 0.6) is 0 Å². The van der Waals surface area contributed by atoms with Crippen molar-refractivity contribution in [2.45, 2.75) is 70.8 Å². The lowest BCUT2D eigenvalue weighted by Crippen LogP contribution is -2.56. The lowest BCUT2D eigenvalue weighted by Gasteiger charge is -2.48. The van der Waals surface area contributed by atoms with Crippen LogP contribution in [0, 0.1) is 11.3 Å². The van der Waals surface area contributed by atoms with Gasteiger partial charge in [0.25, 0.3) is 0 Å². The van der Waals surface area contributed by atoms with Gasteiger partial charge >= 0.3 is 0 Å². The number of likely N-dealkylation sites (tertiary alicyclic amines) is 1. The molecule has 0 radical (unpaired) electrons. The largest absolute Gasteiger partial charge is 0.339 e. The Hall–Kier alpha value is -0.570. The molecule has 1 saturated carbocycles. The van der Waals surface area contributed by atoms with Crippen LogP contribution in [0.2, 0.25) is 0 Å². The van der Waals surface area contributed by atoms with Crippen molar-refractivity contribution in [2.75, 3.05) is 19.6 Å². The summed E-state index contributed by atoms with van der Waals surface area (Å²) in [6, 6.07) is 0.573. The number of hydrogen-bond acceptors (Lipinski definition) is 2. The highest BCUT2D eigenvalue weighted by molar-refractivity contribution is 5.83. The third-order valence-electron chi connectivity index (χ3n) is 6.20. The summed E-state index contributed by atoms with van der Waals surface area (Å²) < 4.78 is 0. The molecule has 3 aliphatic rings. The van der Waals surface area contributed by atoms with Gasteiger partial charge in [0.2, 0.25) is 5.91 Å². The van der Waals surface area contributed by atoms with Crippen LogP contribution in [0.15, 0.2) is 0 Å². The van der Waals surface area contributed by atoms with Gasteiger partial charge in [0, 0.05) is 12.6 Å². The number of piperidine rings is 2. The summed E-state index contributed by atoms with van der Waals surface area (Å²) in [4.78, 5) is 15.6. The molecule has 3 heteroatoms. The fourth-order valence-electron chi connectivity index (χ4n) is 4.81. The van der Waals surface area contributed by atoms with E-state index < -0.39 is 0 Å². The van der Waals surface area contributed by atoms with Crippen molar-refractivity contribution in [1.29, 1.82) is 0 Å². The average Bonchev–Trinajstić information content (AvgIpc) is 2.54. The van der Waals surface area contributed by atoms with Gasteiger partial charge in [-0.15, -0.1) is 0 Å². The molecule has 3 nitrogen and oxygen atoms in total. The monoisotopic (exact) mass is 278 g/mol. The summed E-state index contributed by atoms with van der Waals surface area (Å²) in [5, 5.41) is 3.42. The van der Waals surface area contributed by atoms with Gasteiger partial charge in [-0.25, -0.2) is 0 Å². The standard InChI is InChI=1S/C17H30N2O/c1-2-17(9-11-18-12-10-17)16(20)19-13-5-7-14-6-3-4-8-15(14)19/h14-15,18H,2-13H2,1H3/t14-,15-/m1/s1. The second kappa shape index (κ2) is 6.05. The second-order valence-corrected chi connectivity index (χ2v) is 7.14. The van der Waals surface area contributed by atoms with E-state index in [2.05, 4.69) is 17.1 Å². The molecule has 3 fully saturated rings. The molecule has 1 N–H and O–H groups in total. The average molecular weight is 278 g/mol. The lowest BCUT2D eigenvalue weighted by molar-refractivity contribution is -0.150. The van der Waals surface area contributed by atoms with Gasteiger partial charge in [0.15, 0.2) is 0 Å². The zero-order chi connectivity index (χ0) is 14.0. The van der Waals surface area contributed by atoms with Crippen LogP contribution in [0.4, 0.5) is 0 Å². The van der Waals surface area contributed by atoms with E-state index in [4.69, 9.17) is 0 Å². The van der Waals surface area contributed by atoms with Gasteiger partial charge in [-0.1, -0.05) is 19.8 Å². The Labute approximate surface area is 123 Å². The third-order valence-corrected chi connectivity index (χ3v) is 6.20. The maximum Gasteiger partial charge on any atom is 0.229 e. The SMILES string of the molecule is CCC1(C(=O)N2CCC[C@H]3CCCC[C@H]32)CCNCC1. The van der Waals surface area contributed by atoms with Crippen molar-refractivity contribution in [3.05, 3.63) is 0 Å². The van der Waals surface area contributed by atoms with E-state index in [1.54, 1.807) is 0 Å². The van der Waals surface area contributed by atoms with Crippen molar-refractivity contribution < 1.29 is 4.79 Å². The molecular weight excluding hydrogens is 248 g/mol. The summed E-state index contributed by atoms with van der Waals surface area (Å²) >= 11 is 0. The van der Waals surface area contributed by atoms with Gasteiger partial charge in [-0.2, -0.15) is 0 Å². The van der Waals surface area contributed by atoms with Crippen LogP contribution in [0.3, 0.4) is 0 Å². The highest BCUT2D eigenvalue weighted by Crippen LogP contribution is 2.41. The quantitative estimate of drug-likeness (QED) is 0.842. The normalized spacial score (nSPS) is 33.5. The summed E-state index contributed by atoms with van der Waals surface area (Å²) in [5.41, 5.74) is -0.0510. The van der Waals surface area contributed by atoms with Crippen molar-refractivity contribution in [3.8, 4) is 0 Å². The molecule has 1 amide bonds. The number of nitrogens with one attached hydrogen (secondary N) is 1. The molecule has 0 aromatic rings. The van der Waals surface area contributed by atoms with E-state index >= 15 is 0 Å². The second-order valence-electron chi connectivity index (χ2n) is 7.14. The molecule has 2 heterocycles. The first-order valence-electron chi connectivity index (χ1n) is 8.79. The number of amides is 1. The van der Waals surface area contributed by atoms with Crippen LogP contribution in [-0.4, -0.2) is 36.5 Å². The lowest BCUT2D eigenvalue weighted by atomic mass is 9.72. The molecule has 0 aromatic heterocycles. The first-order chi connectivity index (χ1) is 9.77. The van der Waals surface area contributed by atoms with Gasteiger partial charge in [0.05, 0.1) is 5.41 Å². The van der Waals surface area contributed by atoms with Crippen LogP contribution in [-0.2, 0) is 4.79 Å². The number of hydrogen-bond donors (Lipinski definition) is 1. The molecule has 0 bridgehead atoms. The van der Waals surface area contributed by atoms with Crippen LogP contribution in [0.25, 0.3) is 0 Å². The molecule has 3 rings (SSSR count). The van der Waals surface area contributed by atoms with Crippen LogP contribution in [0.1, 0.15) is 64.7 Å². The maximum atomic E-state index is 13.3. The van der Waals surface area contributed by atoms with E-state index in [1.807, 2.05) is 0 Å². The molecule has 0 aromatic carbocycles. The molecule has 114 valence electrons. The topological polar surface area (TPSA) is 32.3 Å². The molecular formula is C17H30N2O. The molecule has 2 saturated heterocycles. The first-order valence-corrected chi connectivity index (χ1v) is 8.79. The van der Waals surface area contributed by atoms with Crippen LogP contribution < -0.4 is 5.32 Å². The minimum atomic E-state index is -0.0510. The molecule has 2 aliphatic heterocycles. The molecule has 0 spiro atoms. The number of carbonyl (C=O) groups excluding carboxylic acids is 1. The third kappa shape index (κ3) is 2.49. The number of nitrogens with zero attached hydrogens (tertiary/aromatic N) is 1. The number of rotatable bonds is 2. The Bertz CT molecular complexity index is 347. The fourth-order valence-corrected chi connectivity index (χ4v) is 4.81. The number of fused-ring (bicyclic) bond motifs is 1. The fraction of sp³-hybridized carbons (Fsp3) is 0.941. The highest BCUT2D eigenvalue weighted by atomic mass is 16.2. The van der Waals surface area contributed by atoms with E-state index in [1.165, 1.54) is 38.5 Å². The van der Waals surface area contributed by atoms with Gasteiger partial charge < -0.3 is 10.2 Å². The Morgan fingerprint density at radius 3 is 2.60 bits per heavy atom. The molecule has 2 atom stereocenters. The first kappa shape index (κ1) is 14.4. The molecule has 0 unspecified atom stereocenters. The van der Waals surface area contributed by atoms with E-state index in [0.29, 0.717) is 11.9 Å².